The van der Waals surface area contributed by atoms with Crippen molar-refractivity contribution < 1.29 is 9.53 Å². The van der Waals surface area contributed by atoms with Crippen LogP contribution in [0.3, 0.4) is 0 Å². The van der Waals surface area contributed by atoms with Crippen LogP contribution in [0.4, 0.5) is 11.4 Å². The average molecular weight is 780 g/mol. The fraction of sp³-hybridized carbons (Fsp3) is 0.302. The predicted molar refractivity (Wildman–Crippen MR) is 219 cm³/mol. The molecule has 0 radical (unpaired) electrons. The molecular weight excluding hydrogens is 739 g/mol. The summed E-state index contributed by atoms with van der Waals surface area (Å²) in [5.41, 5.74) is 8.97. The predicted octanol–water partition coefficient (Wildman–Crippen LogP) is 10.5. The van der Waals surface area contributed by atoms with Crippen molar-refractivity contribution in [2.45, 2.75) is 50.8 Å². The number of imidazole rings is 1. The number of benzene rings is 4. The summed E-state index contributed by atoms with van der Waals surface area (Å²) in [7, 11) is 1.69. The largest absolute Gasteiger partial charge is 0.380 e. The van der Waals surface area contributed by atoms with Crippen molar-refractivity contribution in [3.63, 3.8) is 0 Å². The van der Waals surface area contributed by atoms with Crippen LogP contribution in [0.5, 0.6) is 0 Å². The molecule has 2 aromatic heterocycles. The molecule has 0 spiro atoms. The number of carbonyl (C=O) groups excluding carboxylic acids is 1. The summed E-state index contributed by atoms with van der Waals surface area (Å²) < 4.78 is 7.62. The highest BCUT2D eigenvalue weighted by atomic mass is 35.5. The van der Waals surface area contributed by atoms with Gasteiger partial charge >= 0.3 is 0 Å². The van der Waals surface area contributed by atoms with Gasteiger partial charge in [-0.15, -0.1) is 0 Å². The Balaban J connectivity index is 1.15. The fourth-order valence-electron chi connectivity index (χ4n) is 8.93. The van der Waals surface area contributed by atoms with E-state index in [0.29, 0.717) is 33.4 Å². The number of fused-ring (bicyclic) bond motifs is 2. The molecule has 1 saturated carbocycles. The highest BCUT2D eigenvalue weighted by Crippen LogP contribution is 2.51. The zero-order valence-electron chi connectivity index (χ0n) is 30.0. The Labute approximate surface area is 330 Å². The monoisotopic (exact) mass is 778 g/mol. The van der Waals surface area contributed by atoms with Crippen molar-refractivity contribution in [1.29, 1.82) is 0 Å². The number of ether oxygens (including phenoxy) is 1. The molecule has 4 heterocycles. The molecule has 3 aliphatic rings. The van der Waals surface area contributed by atoms with Gasteiger partial charge in [0.05, 0.1) is 41.7 Å². The summed E-state index contributed by atoms with van der Waals surface area (Å²) in [5, 5.41) is 5.87. The molecule has 1 amide bonds. The van der Waals surface area contributed by atoms with E-state index in [4.69, 9.17) is 44.5 Å². The van der Waals surface area contributed by atoms with Gasteiger partial charge < -0.3 is 24.5 Å². The Bertz CT molecular complexity index is 2360. The molecule has 54 heavy (non-hydrogen) atoms. The molecule has 1 atom stereocenters. The lowest BCUT2D eigenvalue weighted by Crippen LogP contribution is -2.51. The molecule has 0 bridgehead atoms. The van der Waals surface area contributed by atoms with Crippen molar-refractivity contribution in [3.05, 3.63) is 123 Å². The number of piperazine rings is 1. The lowest BCUT2D eigenvalue weighted by molar-refractivity contribution is 0.102. The summed E-state index contributed by atoms with van der Waals surface area (Å²) in [6.07, 6.45) is 8.43. The molecule has 2 N–H and O–H groups in total. The van der Waals surface area contributed by atoms with Gasteiger partial charge in [0.15, 0.2) is 0 Å². The first-order valence-electron chi connectivity index (χ1n) is 18.7. The first-order valence-corrected chi connectivity index (χ1v) is 19.9. The van der Waals surface area contributed by atoms with E-state index in [1.54, 1.807) is 13.2 Å². The topological polar surface area (TPSA) is 78.4 Å². The lowest BCUT2D eigenvalue weighted by Gasteiger charge is -2.42. The number of amides is 1. The molecular formula is C43H41Cl3N6O2. The summed E-state index contributed by atoms with van der Waals surface area (Å²) in [6, 6.07) is 26.0. The minimum Gasteiger partial charge on any atom is -0.380 e. The number of anilines is 2. The Morgan fingerprint density at radius 1 is 0.889 bits per heavy atom. The molecule has 4 aromatic carbocycles. The van der Waals surface area contributed by atoms with Crippen LogP contribution in [0, 0.1) is 0 Å². The van der Waals surface area contributed by atoms with Crippen molar-refractivity contribution in [1.82, 2.24) is 19.4 Å². The molecule has 276 valence electrons. The summed E-state index contributed by atoms with van der Waals surface area (Å²) in [4.78, 5) is 28.4. The van der Waals surface area contributed by atoms with Crippen LogP contribution >= 0.6 is 34.8 Å². The highest BCUT2D eigenvalue weighted by molar-refractivity contribution is 6.35. The number of halogens is 3. The van der Waals surface area contributed by atoms with Gasteiger partial charge in [0.25, 0.3) is 5.91 Å². The van der Waals surface area contributed by atoms with Gasteiger partial charge in [-0.25, -0.2) is 4.98 Å². The van der Waals surface area contributed by atoms with Crippen molar-refractivity contribution in [3.8, 4) is 22.5 Å². The molecule has 11 heteroatoms. The molecule has 1 saturated heterocycles. The molecule has 2 aliphatic heterocycles. The Morgan fingerprint density at radius 3 is 2.44 bits per heavy atom. The van der Waals surface area contributed by atoms with E-state index in [2.05, 4.69) is 36.8 Å². The maximum Gasteiger partial charge on any atom is 0.272 e. The molecule has 6 aromatic rings. The van der Waals surface area contributed by atoms with E-state index in [9.17, 15) is 4.79 Å². The van der Waals surface area contributed by atoms with Crippen LogP contribution in [-0.4, -0.2) is 64.7 Å². The smallest absolute Gasteiger partial charge is 0.272 e. The number of carbonyl (C=O) groups is 1. The summed E-state index contributed by atoms with van der Waals surface area (Å²) in [5.74, 6) is -0.255. The third-order valence-corrected chi connectivity index (χ3v) is 12.2. The number of aromatic amines is 1. The SMILES string of the molecule is COCc1ccc(N2CCN(C3CCCCC3)CC2)c(NC(=O)c2[nH]c3cc(Cl)cc4c3c2-c2c(-c3ccccc3)ncn2[C@@H]4c2ccc(Cl)cc2Cl)c1. The van der Waals surface area contributed by atoms with Crippen LogP contribution in [-0.2, 0) is 11.3 Å². The number of hydrogen-bond donors (Lipinski definition) is 2. The van der Waals surface area contributed by atoms with Gasteiger partial charge in [-0.3, -0.25) is 9.69 Å². The zero-order chi connectivity index (χ0) is 36.9. The summed E-state index contributed by atoms with van der Waals surface area (Å²) in [6.45, 7) is 4.26. The van der Waals surface area contributed by atoms with Crippen LogP contribution < -0.4 is 10.2 Å². The second kappa shape index (κ2) is 14.7. The first-order chi connectivity index (χ1) is 26.4. The van der Waals surface area contributed by atoms with Crippen LogP contribution in [0.15, 0.2) is 85.2 Å². The van der Waals surface area contributed by atoms with Crippen molar-refractivity contribution >= 4 is 63.0 Å². The molecule has 1 aliphatic carbocycles. The molecule has 8 nitrogen and oxygen atoms in total. The van der Waals surface area contributed by atoms with Gasteiger partial charge in [0, 0.05) is 76.4 Å². The molecule has 2 fully saturated rings. The lowest BCUT2D eigenvalue weighted by atomic mass is 9.87. The number of nitrogens with zero attached hydrogens (tertiary/aromatic N) is 4. The average Bonchev–Trinajstić information content (AvgIpc) is 3.79. The number of H-pyrrole nitrogens is 1. The van der Waals surface area contributed by atoms with Crippen molar-refractivity contribution in [2.75, 3.05) is 43.5 Å². The molecule has 9 rings (SSSR count). The van der Waals surface area contributed by atoms with Crippen LogP contribution in [0.1, 0.15) is 65.3 Å². The maximum absolute atomic E-state index is 14.9. The molecule has 0 unspecified atom stereocenters. The number of nitrogens with one attached hydrogen (secondary N) is 2. The van der Waals surface area contributed by atoms with E-state index >= 15 is 0 Å². The minimum atomic E-state index is -0.375. The van der Waals surface area contributed by atoms with E-state index < -0.39 is 0 Å². The van der Waals surface area contributed by atoms with Gasteiger partial charge in [-0.2, -0.15) is 0 Å². The van der Waals surface area contributed by atoms with E-state index in [1.807, 2.05) is 67.0 Å². The number of rotatable bonds is 8. The third kappa shape index (κ3) is 6.38. The van der Waals surface area contributed by atoms with Gasteiger partial charge in [-0.1, -0.05) is 96.5 Å². The van der Waals surface area contributed by atoms with Crippen LogP contribution in [0.2, 0.25) is 15.1 Å². The zero-order valence-corrected chi connectivity index (χ0v) is 32.3. The maximum atomic E-state index is 14.9. The Morgan fingerprint density at radius 2 is 1.69 bits per heavy atom. The van der Waals surface area contributed by atoms with Crippen LogP contribution in [0.25, 0.3) is 33.4 Å². The normalized spacial score (nSPS) is 17.6. The minimum absolute atomic E-state index is 0.255. The van der Waals surface area contributed by atoms with Gasteiger partial charge in [0.2, 0.25) is 0 Å². The van der Waals surface area contributed by atoms with E-state index in [0.717, 1.165) is 87.7 Å². The number of methoxy groups -OCH3 is 1. The van der Waals surface area contributed by atoms with E-state index in [-0.39, 0.29) is 11.9 Å². The van der Waals surface area contributed by atoms with Crippen molar-refractivity contribution in [2.24, 2.45) is 0 Å². The van der Waals surface area contributed by atoms with Gasteiger partial charge in [0.1, 0.15) is 5.69 Å². The van der Waals surface area contributed by atoms with E-state index in [1.165, 1.54) is 32.1 Å². The second-order valence-corrected chi connectivity index (χ2v) is 15.9. The Hall–Kier alpha value is -4.31. The highest BCUT2D eigenvalue weighted by Gasteiger charge is 2.37. The first kappa shape index (κ1) is 35.4. The third-order valence-electron chi connectivity index (χ3n) is 11.4. The summed E-state index contributed by atoms with van der Waals surface area (Å²) >= 11 is 20.1. The Kier molecular flexibility index (Phi) is 9.66. The van der Waals surface area contributed by atoms with Gasteiger partial charge in [-0.05, 0) is 65.9 Å². The second-order valence-electron chi connectivity index (χ2n) is 14.6. The fourth-order valence-corrected chi connectivity index (χ4v) is 9.67. The quantitative estimate of drug-likeness (QED) is 0.161. The number of hydrogen-bond acceptors (Lipinski definition) is 5. The standard InChI is InChI=1S/C43H41Cl3N6O2/c1-54-24-26-12-15-36(51-18-16-50(17-19-51)30-10-6-3-7-11-30)34(20-26)49-43(53)40-38-37-32(21-29(45)23-35(37)48-40)41(31-14-13-28(44)22-33(31)46)52-25-47-39(42(38)52)27-8-4-2-5-9-27/h2,4-5,8-9,12-15,20-23,25,30,41,48H,3,6-7,10-11,16-19,24H2,1H3,(H,49,53)/t41-/m1/s1. The number of aromatic nitrogens is 3.